The third kappa shape index (κ3) is 4.02. The molecule has 1 fully saturated rings. The number of morpholine rings is 1. The van der Waals surface area contributed by atoms with Gasteiger partial charge in [-0.2, -0.15) is 0 Å². The molecule has 1 aromatic carbocycles. The van der Waals surface area contributed by atoms with E-state index in [0.29, 0.717) is 10.8 Å². The smallest absolute Gasteiger partial charge is 0.164 e. The zero-order chi connectivity index (χ0) is 17.1. The maximum Gasteiger partial charge on any atom is 0.164 e. The Morgan fingerprint density at radius 1 is 1.21 bits per heavy atom. The second kappa shape index (κ2) is 7.72. The molecule has 0 amide bonds. The van der Waals surface area contributed by atoms with Crippen LogP contribution >= 0.6 is 23.4 Å². The van der Waals surface area contributed by atoms with E-state index >= 15 is 0 Å². The van der Waals surface area contributed by atoms with Crippen LogP contribution in [0.3, 0.4) is 0 Å². The molecule has 0 radical (unpaired) electrons. The fraction of sp³-hybridized carbons (Fsp3) is 0.444. The van der Waals surface area contributed by atoms with Crippen molar-refractivity contribution in [3.05, 3.63) is 35.4 Å². The Balaban J connectivity index is 2.01. The van der Waals surface area contributed by atoms with Crippen LogP contribution in [0.4, 0.5) is 5.82 Å². The minimum atomic E-state index is 0.190. The molecule has 0 aliphatic carbocycles. The molecule has 1 aromatic heterocycles. The molecule has 1 saturated heterocycles. The maximum atomic E-state index is 6.35. The number of halogens is 1. The van der Waals surface area contributed by atoms with Crippen molar-refractivity contribution >= 4 is 29.2 Å². The minimum absolute atomic E-state index is 0.190. The van der Waals surface area contributed by atoms with Crippen molar-refractivity contribution in [3.8, 4) is 11.4 Å². The van der Waals surface area contributed by atoms with Crippen LogP contribution < -0.4 is 4.90 Å². The first-order valence-corrected chi connectivity index (χ1v) is 9.60. The Labute approximate surface area is 152 Å². The standard InChI is InChI=1S/C18H22ClN3OS/c1-4-24-17-9-16(22-10-12(2)23-13(3)11-22)20-18(21-17)14-7-5-6-8-15(14)19/h5-9,12-13H,4,10-11H2,1-3H3/t12-,13-/m1/s1. The first-order valence-electron chi connectivity index (χ1n) is 8.24. The summed E-state index contributed by atoms with van der Waals surface area (Å²) in [5.74, 6) is 2.59. The van der Waals surface area contributed by atoms with Crippen molar-refractivity contribution in [2.45, 2.75) is 38.0 Å². The van der Waals surface area contributed by atoms with Crippen molar-refractivity contribution < 1.29 is 4.74 Å². The van der Waals surface area contributed by atoms with Crippen LogP contribution in [0, 0.1) is 0 Å². The van der Waals surface area contributed by atoms with Gasteiger partial charge in [0.2, 0.25) is 0 Å². The van der Waals surface area contributed by atoms with Crippen LogP contribution in [-0.2, 0) is 4.74 Å². The Morgan fingerprint density at radius 3 is 2.58 bits per heavy atom. The Bertz CT molecular complexity index is 702. The van der Waals surface area contributed by atoms with Crippen molar-refractivity contribution in [1.82, 2.24) is 9.97 Å². The van der Waals surface area contributed by atoms with Crippen LogP contribution in [0.25, 0.3) is 11.4 Å². The van der Waals surface area contributed by atoms with E-state index < -0.39 is 0 Å². The highest BCUT2D eigenvalue weighted by Gasteiger charge is 2.24. The molecular formula is C18H22ClN3OS. The van der Waals surface area contributed by atoms with Crippen LogP contribution in [0.15, 0.2) is 35.4 Å². The molecule has 128 valence electrons. The molecule has 2 aromatic rings. The number of ether oxygens (including phenoxy) is 1. The first-order chi connectivity index (χ1) is 11.6. The summed E-state index contributed by atoms with van der Waals surface area (Å²) in [6, 6.07) is 9.79. The SMILES string of the molecule is CCSc1cc(N2C[C@@H](C)O[C@H](C)C2)nc(-c2ccccc2Cl)n1. The van der Waals surface area contributed by atoms with Gasteiger partial charge in [-0.15, -0.1) is 11.8 Å². The van der Waals surface area contributed by atoms with E-state index in [2.05, 4.69) is 31.7 Å². The number of hydrogen-bond donors (Lipinski definition) is 0. The monoisotopic (exact) mass is 363 g/mol. The second-order valence-corrected chi connectivity index (χ2v) is 7.65. The largest absolute Gasteiger partial charge is 0.372 e. The number of thioether (sulfide) groups is 1. The van der Waals surface area contributed by atoms with Gasteiger partial charge in [0.15, 0.2) is 5.82 Å². The molecule has 1 aliphatic heterocycles. The van der Waals surface area contributed by atoms with Gasteiger partial charge in [0.25, 0.3) is 0 Å². The van der Waals surface area contributed by atoms with Gasteiger partial charge in [0, 0.05) is 24.7 Å². The van der Waals surface area contributed by atoms with Gasteiger partial charge in [-0.25, -0.2) is 9.97 Å². The number of aromatic nitrogens is 2. The lowest BCUT2D eigenvalue weighted by molar-refractivity contribution is -0.00547. The molecule has 0 unspecified atom stereocenters. The van der Waals surface area contributed by atoms with E-state index in [9.17, 15) is 0 Å². The van der Waals surface area contributed by atoms with Crippen molar-refractivity contribution in [2.24, 2.45) is 0 Å². The molecule has 0 spiro atoms. The molecular weight excluding hydrogens is 342 g/mol. The highest BCUT2D eigenvalue weighted by atomic mass is 35.5. The molecule has 24 heavy (non-hydrogen) atoms. The van der Waals surface area contributed by atoms with Gasteiger partial charge in [-0.1, -0.05) is 30.7 Å². The molecule has 0 bridgehead atoms. The summed E-state index contributed by atoms with van der Waals surface area (Å²) in [5.41, 5.74) is 0.869. The molecule has 2 atom stereocenters. The first kappa shape index (κ1) is 17.5. The number of nitrogens with zero attached hydrogens (tertiary/aromatic N) is 3. The summed E-state index contributed by atoms with van der Waals surface area (Å²) in [7, 11) is 0. The topological polar surface area (TPSA) is 38.2 Å². The van der Waals surface area contributed by atoms with Gasteiger partial charge in [0.1, 0.15) is 10.8 Å². The van der Waals surface area contributed by atoms with Gasteiger partial charge in [-0.3, -0.25) is 0 Å². The predicted octanol–water partition coefficient (Wildman–Crippen LogP) is 4.52. The summed E-state index contributed by atoms with van der Waals surface area (Å²) in [4.78, 5) is 11.8. The van der Waals surface area contributed by atoms with E-state index in [1.165, 1.54) is 0 Å². The van der Waals surface area contributed by atoms with E-state index in [4.69, 9.17) is 26.3 Å². The maximum absolute atomic E-state index is 6.35. The van der Waals surface area contributed by atoms with E-state index in [1.54, 1.807) is 11.8 Å². The molecule has 1 aliphatic rings. The van der Waals surface area contributed by atoms with Crippen LogP contribution in [0.5, 0.6) is 0 Å². The van der Waals surface area contributed by atoms with Gasteiger partial charge >= 0.3 is 0 Å². The van der Waals surface area contributed by atoms with Gasteiger partial charge in [-0.05, 0) is 31.7 Å². The highest BCUT2D eigenvalue weighted by molar-refractivity contribution is 7.99. The molecule has 0 saturated carbocycles. The van der Waals surface area contributed by atoms with E-state index in [-0.39, 0.29) is 12.2 Å². The summed E-state index contributed by atoms with van der Waals surface area (Å²) in [5, 5.41) is 1.65. The van der Waals surface area contributed by atoms with Crippen molar-refractivity contribution in [2.75, 3.05) is 23.7 Å². The normalized spacial score (nSPS) is 21.1. The fourth-order valence-electron chi connectivity index (χ4n) is 2.92. The zero-order valence-corrected chi connectivity index (χ0v) is 15.8. The number of rotatable bonds is 4. The number of hydrogen-bond acceptors (Lipinski definition) is 5. The molecule has 0 N–H and O–H groups in total. The van der Waals surface area contributed by atoms with E-state index in [0.717, 1.165) is 35.2 Å². The van der Waals surface area contributed by atoms with Crippen molar-refractivity contribution in [1.29, 1.82) is 0 Å². The molecule has 6 heteroatoms. The lowest BCUT2D eigenvalue weighted by Gasteiger charge is -2.36. The Morgan fingerprint density at radius 2 is 1.92 bits per heavy atom. The lowest BCUT2D eigenvalue weighted by atomic mass is 10.2. The van der Waals surface area contributed by atoms with Crippen LogP contribution in [-0.4, -0.2) is 41.0 Å². The second-order valence-electron chi connectivity index (χ2n) is 5.96. The van der Waals surface area contributed by atoms with Crippen molar-refractivity contribution in [3.63, 3.8) is 0 Å². The Hall–Kier alpha value is -1.30. The summed E-state index contributed by atoms with van der Waals surface area (Å²) in [6.45, 7) is 7.99. The van der Waals surface area contributed by atoms with Gasteiger partial charge < -0.3 is 9.64 Å². The van der Waals surface area contributed by atoms with Crippen LogP contribution in [0.2, 0.25) is 5.02 Å². The average Bonchev–Trinajstić information content (AvgIpc) is 2.54. The van der Waals surface area contributed by atoms with Gasteiger partial charge in [0.05, 0.1) is 17.2 Å². The summed E-state index contributed by atoms with van der Waals surface area (Å²) < 4.78 is 5.84. The number of benzene rings is 1. The van der Waals surface area contributed by atoms with Crippen LogP contribution in [0.1, 0.15) is 20.8 Å². The Kier molecular flexibility index (Phi) is 5.64. The zero-order valence-electron chi connectivity index (χ0n) is 14.2. The fourth-order valence-corrected chi connectivity index (χ4v) is 3.78. The minimum Gasteiger partial charge on any atom is -0.372 e. The molecule has 3 rings (SSSR count). The number of anilines is 1. The average molecular weight is 364 g/mol. The third-order valence-corrected chi connectivity index (χ3v) is 4.96. The lowest BCUT2D eigenvalue weighted by Crippen LogP contribution is -2.45. The predicted molar refractivity (Wildman–Crippen MR) is 101 cm³/mol. The van der Waals surface area contributed by atoms with E-state index in [1.807, 2.05) is 24.3 Å². The summed E-state index contributed by atoms with van der Waals surface area (Å²) >= 11 is 8.07. The molecule has 2 heterocycles. The highest BCUT2D eigenvalue weighted by Crippen LogP contribution is 2.30. The quantitative estimate of drug-likeness (QED) is 0.589. The third-order valence-electron chi connectivity index (χ3n) is 3.84. The molecule has 4 nitrogen and oxygen atoms in total. The summed E-state index contributed by atoms with van der Waals surface area (Å²) in [6.07, 6.45) is 0.379.